The predicted molar refractivity (Wildman–Crippen MR) is 143 cm³/mol. The number of aromatic nitrogens is 1. The smallest absolute Gasteiger partial charge is 0.259 e. The van der Waals surface area contributed by atoms with Crippen LogP contribution in [0.4, 0.5) is 0 Å². The van der Waals surface area contributed by atoms with Crippen molar-refractivity contribution >= 4 is 11.8 Å². The van der Waals surface area contributed by atoms with Gasteiger partial charge in [-0.15, -0.1) is 0 Å². The van der Waals surface area contributed by atoms with Gasteiger partial charge in [-0.2, -0.15) is 0 Å². The Kier molecular flexibility index (Phi) is 8.70. The summed E-state index contributed by atoms with van der Waals surface area (Å²) in [5, 5.41) is 20.5. The first-order valence-corrected chi connectivity index (χ1v) is 13.3. The molecule has 0 spiro atoms. The lowest BCUT2D eigenvalue weighted by atomic mass is 9.99. The second-order valence-corrected chi connectivity index (χ2v) is 10.6. The first kappa shape index (κ1) is 27.6. The van der Waals surface area contributed by atoms with E-state index < -0.39 is 17.7 Å². The van der Waals surface area contributed by atoms with Crippen LogP contribution in [0.1, 0.15) is 61.0 Å². The van der Waals surface area contributed by atoms with Crippen molar-refractivity contribution in [2.75, 3.05) is 26.7 Å². The molecule has 1 aromatic carbocycles. The summed E-state index contributed by atoms with van der Waals surface area (Å²) >= 11 is 0. The summed E-state index contributed by atoms with van der Waals surface area (Å²) in [4.78, 5) is 34.2. The molecule has 0 saturated heterocycles. The minimum Gasteiger partial charge on any atom is -0.472 e. The number of hydrogen-bond acceptors (Lipinski definition) is 6. The number of carbonyl (C=O) groups excluding carboxylic acids is 2. The molecule has 0 unspecified atom stereocenters. The van der Waals surface area contributed by atoms with Gasteiger partial charge in [0.25, 0.3) is 5.91 Å². The Bertz CT molecular complexity index is 1200. The van der Waals surface area contributed by atoms with Gasteiger partial charge in [0.05, 0.1) is 25.6 Å². The zero-order chi connectivity index (χ0) is 27.3. The first-order valence-electron chi connectivity index (χ1n) is 13.3. The number of likely N-dealkylation sites (N-methyl/N-ethyl adjacent to an activating group) is 1. The van der Waals surface area contributed by atoms with Gasteiger partial charge in [0, 0.05) is 31.3 Å². The molecule has 2 aromatic rings. The van der Waals surface area contributed by atoms with Crippen LogP contribution in [0, 0.1) is 17.8 Å². The van der Waals surface area contributed by atoms with Crippen LogP contribution in [-0.2, 0) is 11.2 Å². The van der Waals surface area contributed by atoms with E-state index in [0.29, 0.717) is 31.5 Å². The number of benzene rings is 1. The summed E-state index contributed by atoms with van der Waals surface area (Å²) in [5.74, 6) is 5.67. The number of carbonyl (C=O) groups is 2. The first-order chi connectivity index (χ1) is 18.2. The molecule has 2 N–H and O–H groups in total. The van der Waals surface area contributed by atoms with E-state index in [9.17, 15) is 19.8 Å². The second kappa shape index (κ2) is 12.0. The van der Waals surface area contributed by atoms with Crippen LogP contribution in [0.15, 0.2) is 42.6 Å². The van der Waals surface area contributed by atoms with Crippen molar-refractivity contribution in [2.24, 2.45) is 5.92 Å². The van der Waals surface area contributed by atoms with E-state index in [1.807, 2.05) is 37.3 Å². The van der Waals surface area contributed by atoms with E-state index in [1.54, 1.807) is 36.0 Å². The average Bonchev–Trinajstić information content (AvgIpc) is 3.36. The van der Waals surface area contributed by atoms with Gasteiger partial charge in [0.15, 0.2) is 0 Å². The third-order valence-electron chi connectivity index (χ3n) is 7.47. The van der Waals surface area contributed by atoms with Gasteiger partial charge >= 0.3 is 0 Å². The van der Waals surface area contributed by atoms with Gasteiger partial charge in [0.1, 0.15) is 17.3 Å². The molecule has 1 aromatic heterocycles. The summed E-state index contributed by atoms with van der Waals surface area (Å²) in [7, 11) is 1.75. The molecule has 2 aliphatic rings. The van der Waals surface area contributed by atoms with Crippen LogP contribution >= 0.6 is 0 Å². The van der Waals surface area contributed by atoms with E-state index in [-0.39, 0.29) is 42.2 Å². The SMILES string of the molecule is C[C@@H]1CN([C@@H](C)CO)C(=O)c2cc(C#CC3(O)CCCC3)cnc2O[C@@H]1CN(C)C(=O)Cc1ccccc1. The maximum atomic E-state index is 13.6. The lowest BCUT2D eigenvalue weighted by molar-refractivity contribution is -0.130. The third kappa shape index (κ3) is 6.53. The molecule has 1 aliphatic heterocycles. The van der Waals surface area contributed by atoms with Gasteiger partial charge < -0.3 is 24.7 Å². The molecular formula is C30H37N3O5. The van der Waals surface area contributed by atoms with Crippen LogP contribution in [0.25, 0.3) is 0 Å². The molecule has 1 fully saturated rings. The Morgan fingerprint density at radius 1 is 1.29 bits per heavy atom. The molecular weight excluding hydrogens is 482 g/mol. The van der Waals surface area contributed by atoms with Crippen molar-refractivity contribution in [1.29, 1.82) is 0 Å². The monoisotopic (exact) mass is 519 g/mol. The maximum absolute atomic E-state index is 13.6. The second-order valence-electron chi connectivity index (χ2n) is 10.6. The largest absolute Gasteiger partial charge is 0.472 e. The number of pyridine rings is 1. The molecule has 1 aliphatic carbocycles. The molecule has 2 heterocycles. The van der Waals surface area contributed by atoms with Gasteiger partial charge in [-0.3, -0.25) is 9.59 Å². The number of aliphatic hydroxyl groups excluding tert-OH is 1. The molecule has 8 heteroatoms. The fourth-order valence-corrected chi connectivity index (χ4v) is 4.94. The molecule has 1 saturated carbocycles. The molecule has 202 valence electrons. The van der Waals surface area contributed by atoms with Crippen molar-refractivity contribution in [3.05, 3.63) is 59.3 Å². The number of hydrogen-bond donors (Lipinski definition) is 2. The molecule has 0 radical (unpaired) electrons. The van der Waals surface area contributed by atoms with E-state index in [4.69, 9.17) is 4.74 Å². The zero-order valence-electron chi connectivity index (χ0n) is 22.4. The average molecular weight is 520 g/mol. The van der Waals surface area contributed by atoms with E-state index in [0.717, 1.165) is 18.4 Å². The lowest BCUT2D eigenvalue weighted by Gasteiger charge is -2.37. The van der Waals surface area contributed by atoms with Gasteiger partial charge in [-0.1, -0.05) is 49.1 Å². The van der Waals surface area contributed by atoms with E-state index in [2.05, 4.69) is 16.8 Å². The normalized spacial score (nSPS) is 21.3. The fraction of sp³-hybridized carbons (Fsp3) is 0.500. The maximum Gasteiger partial charge on any atom is 0.259 e. The highest BCUT2D eigenvalue weighted by atomic mass is 16.5. The molecule has 3 atom stereocenters. The zero-order valence-corrected chi connectivity index (χ0v) is 22.4. The third-order valence-corrected chi connectivity index (χ3v) is 7.47. The van der Waals surface area contributed by atoms with Gasteiger partial charge in [-0.05, 0) is 44.2 Å². The van der Waals surface area contributed by atoms with Crippen LogP contribution in [-0.4, -0.2) is 81.3 Å². The number of rotatable bonds is 6. The molecule has 4 rings (SSSR count). The van der Waals surface area contributed by atoms with Crippen LogP contribution < -0.4 is 4.74 Å². The summed E-state index contributed by atoms with van der Waals surface area (Å²) in [5.41, 5.74) is 0.704. The summed E-state index contributed by atoms with van der Waals surface area (Å²) in [6.07, 6.45) is 4.56. The number of fused-ring (bicyclic) bond motifs is 1. The Hall–Kier alpha value is -3.41. The highest BCUT2D eigenvalue weighted by Gasteiger charge is 2.35. The van der Waals surface area contributed by atoms with Crippen molar-refractivity contribution in [2.45, 2.75) is 63.7 Å². The van der Waals surface area contributed by atoms with E-state index in [1.165, 1.54) is 0 Å². The van der Waals surface area contributed by atoms with E-state index >= 15 is 0 Å². The standard InChI is InChI=1S/C30H37N3O5/c1-21-18-33(22(2)20-34)29(36)25-15-24(11-14-30(37)12-7-8-13-30)17-31-28(25)38-26(21)19-32(3)27(35)16-23-9-5-4-6-10-23/h4-6,9-10,15,17,21-22,26,34,37H,7-8,12-13,16,18-20H2,1-3H3/t21-,22+,26-/m1/s1. The van der Waals surface area contributed by atoms with Crippen LogP contribution in [0.3, 0.4) is 0 Å². The van der Waals surface area contributed by atoms with Gasteiger partial charge in [-0.25, -0.2) is 4.98 Å². The Labute approximate surface area is 224 Å². The molecule has 8 nitrogen and oxygen atoms in total. The molecule has 2 amide bonds. The minimum atomic E-state index is -1.00. The molecule has 0 bridgehead atoms. The Morgan fingerprint density at radius 2 is 2.00 bits per heavy atom. The van der Waals surface area contributed by atoms with Crippen molar-refractivity contribution in [3.63, 3.8) is 0 Å². The van der Waals surface area contributed by atoms with Crippen molar-refractivity contribution in [3.8, 4) is 17.7 Å². The number of ether oxygens (including phenoxy) is 1. The summed E-state index contributed by atoms with van der Waals surface area (Å²) in [6.45, 7) is 4.25. The summed E-state index contributed by atoms with van der Waals surface area (Å²) < 4.78 is 6.29. The number of aliphatic hydroxyl groups is 2. The number of nitrogens with zero attached hydrogens (tertiary/aromatic N) is 3. The predicted octanol–water partition coefficient (Wildman–Crippen LogP) is 2.66. The van der Waals surface area contributed by atoms with Crippen LogP contribution in [0.5, 0.6) is 5.88 Å². The topological polar surface area (TPSA) is 103 Å². The molecule has 38 heavy (non-hydrogen) atoms. The lowest BCUT2D eigenvalue weighted by Crippen LogP contribution is -2.50. The quantitative estimate of drug-likeness (QED) is 0.569. The fourth-order valence-electron chi connectivity index (χ4n) is 4.94. The van der Waals surface area contributed by atoms with Crippen LogP contribution in [0.2, 0.25) is 0 Å². The Balaban J connectivity index is 1.60. The Morgan fingerprint density at radius 3 is 2.68 bits per heavy atom. The minimum absolute atomic E-state index is 0.0330. The highest BCUT2D eigenvalue weighted by Crippen LogP contribution is 2.30. The highest BCUT2D eigenvalue weighted by molar-refractivity contribution is 5.97. The van der Waals surface area contributed by atoms with Gasteiger partial charge in [0.2, 0.25) is 11.8 Å². The van der Waals surface area contributed by atoms with Crippen molar-refractivity contribution in [1.82, 2.24) is 14.8 Å². The van der Waals surface area contributed by atoms with Crippen molar-refractivity contribution < 1.29 is 24.5 Å². The summed E-state index contributed by atoms with van der Waals surface area (Å²) in [6, 6.07) is 10.8. The number of amides is 2.